The summed E-state index contributed by atoms with van der Waals surface area (Å²) < 4.78 is 1.81. The van der Waals surface area contributed by atoms with Crippen LogP contribution < -0.4 is 0 Å². The third-order valence-electron chi connectivity index (χ3n) is 3.93. The van der Waals surface area contributed by atoms with Gasteiger partial charge in [0.2, 0.25) is 5.91 Å². The maximum absolute atomic E-state index is 12.3. The number of carbonyl (C=O) groups is 2. The van der Waals surface area contributed by atoms with E-state index in [1.54, 1.807) is 11.9 Å². The molecule has 2 heterocycles. The molecule has 19 heavy (non-hydrogen) atoms. The van der Waals surface area contributed by atoms with Crippen LogP contribution in [-0.4, -0.2) is 58.3 Å². The van der Waals surface area contributed by atoms with Gasteiger partial charge >= 0.3 is 0 Å². The fraction of sp³-hybridized carbons (Fsp3) is 0.571. The number of piperazine rings is 1. The van der Waals surface area contributed by atoms with Crippen LogP contribution in [0.1, 0.15) is 24.3 Å². The molecule has 1 aromatic heterocycles. The van der Waals surface area contributed by atoms with Crippen molar-refractivity contribution >= 4 is 11.7 Å². The zero-order valence-electron chi connectivity index (χ0n) is 12.0. The molecule has 1 amide bonds. The summed E-state index contributed by atoms with van der Waals surface area (Å²) in [5, 5.41) is 0. The van der Waals surface area contributed by atoms with Gasteiger partial charge in [-0.2, -0.15) is 0 Å². The van der Waals surface area contributed by atoms with Crippen LogP contribution in [0, 0.1) is 0 Å². The molecule has 0 aromatic carbocycles. The largest absolute Gasteiger partial charge is 0.348 e. The number of aryl methyl sites for hydroxylation is 1. The van der Waals surface area contributed by atoms with Gasteiger partial charge in [0.15, 0.2) is 5.78 Å². The van der Waals surface area contributed by atoms with Crippen molar-refractivity contribution in [3.8, 4) is 0 Å². The smallest absolute Gasteiger partial charge is 0.242 e. The number of hydrogen-bond donors (Lipinski definition) is 0. The molecule has 0 saturated carbocycles. The van der Waals surface area contributed by atoms with Crippen molar-refractivity contribution in [2.24, 2.45) is 7.05 Å². The monoisotopic (exact) mass is 263 g/mol. The molecule has 1 fully saturated rings. The van der Waals surface area contributed by atoms with E-state index in [9.17, 15) is 9.59 Å². The Balaban J connectivity index is 2.13. The second kappa shape index (κ2) is 4.81. The molecule has 0 unspecified atom stereocenters. The number of aromatic nitrogens is 1. The van der Waals surface area contributed by atoms with Crippen molar-refractivity contribution in [1.82, 2.24) is 14.4 Å². The minimum atomic E-state index is -0.617. The first-order chi connectivity index (χ1) is 8.84. The maximum atomic E-state index is 12.3. The van der Waals surface area contributed by atoms with E-state index < -0.39 is 5.54 Å². The SMILES string of the molecule is CN1CCN(CC(=O)c2cccn2C)C(C)(C)C1=O. The van der Waals surface area contributed by atoms with Gasteiger partial charge in [-0.15, -0.1) is 0 Å². The summed E-state index contributed by atoms with van der Waals surface area (Å²) in [5.41, 5.74) is 0.0653. The summed E-state index contributed by atoms with van der Waals surface area (Å²) in [6.07, 6.45) is 1.85. The van der Waals surface area contributed by atoms with Crippen LogP contribution in [-0.2, 0) is 11.8 Å². The predicted molar refractivity (Wildman–Crippen MR) is 73.0 cm³/mol. The predicted octanol–water partition coefficient (Wildman–Crippen LogP) is 0.760. The first kappa shape index (κ1) is 13.8. The van der Waals surface area contributed by atoms with Crippen molar-refractivity contribution in [2.75, 3.05) is 26.7 Å². The van der Waals surface area contributed by atoms with E-state index in [4.69, 9.17) is 0 Å². The Labute approximate surface area is 113 Å². The highest BCUT2D eigenvalue weighted by molar-refractivity contribution is 5.97. The quantitative estimate of drug-likeness (QED) is 0.756. The Morgan fingerprint density at radius 3 is 2.58 bits per heavy atom. The van der Waals surface area contributed by atoms with E-state index >= 15 is 0 Å². The number of nitrogens with zero attached hydrogens (tertiary/aromatic N) is 3. The first-order valence-corrected chi connectivity index (χ1v) is 6.49. The van der Waals surface area contributed by atoms with Gasteiger partial charge < -0.3 is 9.47 Å². The number of likely N-dealkylation sites (N-methyl/N-ethyl adjacent to an activating group) is 1. The van der Waals surface area contributed by atoms with Gasteiger partial charge in [0.25, 0.3) is 0 Å². The molecule has 0 spiro atoms. The lowest BCUT2D eigenvalue weighted by atomic mass is 9.97. The van der Waals surface area contributed by atoms with E-state index in [-0.39, 0.29) is 18.2 Å². The Hall–Kier alpha value is -1.62. The lowest BCUT2D eigenvalue weighted by Crippen LogP contribution is -2.62. The van der Waals surface area contributed by atoms with Crippen LogP contribution in [0.3, 0.4) is 0 Å². The normalized spacial score (nSPS) is 19.8. The molecule has 1 aliphatic heterocycles. The van der Waals surface area contributed by atoms with Gasteiger partial charge in [0, 0.05) is 33.4 Å². The summed E-state index contributed by atoms with van der Waals surface area (Å²) in [6, 6.07) is 3.67. The molecule has 5 heteroatoms. The van der Waals surface area contributed by atoms with Crippen molar-refractivity contribution in [3.05, 3.63) is 24.0 Å². The average molecular weight is 263 g/mol. The highest BCUT2D eigenvalue weighted by atomic mass is 16.2. The fourth-order valence-electron chi connectivity index (χ4n) is 2.54. The fourth-order valence-corrected chi connectivity index (χ4v) is 2.54. The summed E-state index contributed by atoms with van der Waals surface area (Å²) in [7, 11) is 3.66. The van der Waals surface area contributed by atoms with E-state index in [1.807, 2.05) is 48.7 Å². The Morgan fingerprint density at radius 1 is 1.32 bits per heavy atom. The van der Waals surface area contributed by atoms with Gasteiger partial charge in [0.1, 0.15) is 0 Å². The standard InChI is InChI=1S/C14H21N3O2/c1-14(2)13(19)16(4)8-9-17(14)10-12(18)11-6-5-7-15(11)3/h5-7H,8-10H2,1-4H3. The highest BCUT2D eigenvalue weighted by Gasteiger charge is 2.41. The zero-order valence-corrected chi connectivity index (χ0v) is 12.0. The second-order valence-electron chi connectivity index (χ2n) is 5.63. The molecule has 5 nitrogen and oxygen atoms in total. The van der Waals surface area contributed by atoms with Crippen LogP contribution in [0.4, 0.5) is 0 Å². The number of rotatable bonds is 3. The van der Waals surface area contributed by atoms with Gasteiger partial charge in [-0.3, -0.25) is 14.5 Å². The molecule has 2 rings (SSSR count). The Bertz CT molecular complexity index is 505. The summed E-state index contributed by atoms with van der Waals surface area (Å²) in [6.45, 7) is 5.44. The minimum absolute atomic E-state index is 0.0536. The first-order valence-electron chi connectivity index (χ1n) is 6.49. The van der Waals surface area contributed by atoms with Gasteiger partial charge in [0.05, 0.1) is 17.8 Å². The van der Waals surface area contributed by atoms with Gasteiger partial charge in [-0.25, -0.2) is 0 Å². The third kappa shape index (κ3) is 2.42. The molecular weight excluding hydrogens is 242 g/mol. The molecule has 1 aliphatic rings. The van der Waals surface area contributed by atoms with E-state index in [0.717, 1.165) is 6.54 Å². The second-order valence-corrected chi connectivity index (χ2v) is 5.63. The highest BCUT2D eigenvalue weighted by Crippen LogP contribution is 2.21. The van der Waals surface area contributed by atoms with Crippen LogP contribution in [0.5, 0.6) is 0 Å². The van der Waals surface area contributed by atoms with Crippen LogP contribution in [0.25, 0.3) is 0 Å². The van der Waals surface area contributed by atoms with Crippen molar-refractivity contribution in [3.63, 3.8) is 0 Å². The lowest BCUT2D eigenvalue weighted by molar-refractivity contribution is -0.146. The van der Waals surface area contributed by atoms with Gasteiger partial charge in [-0.1, -0.05) is 0 Å². The number of ketones is 1. The Kier molecular flexibility index (Phi) is 3.49. The van der Waals surface area contributed by atoms with Crippen molar-refractivity contribution in [1.29, 1.82) is 0 Å². The van der Waals surface area contributed by atoms with Crippen molar-refractivity contribution < 1.29 is 9.59 Å². The van der Waals surface area contributed by atoms with Crippen LogP contribution in [0.15, 0.2) is 18.3 Å². The van der Waals surface area contributed by atoms with E-state index in [1.165, 1.54) is 0 Å². The number of carbonyl (C=O) groups excluding carboxylic acids is 2. The summed E-state index contributed by atoms with van der Waals surface area (Å²) in [4.78, 5) is 28.1. The van der Waals surface area contributed by atoms with Crippen molar-refractivity contribution in [2.45, 2.75) is 19.4 Å². The third-order valence-corrected chi connectivity index (χ3v) is 3.93. The van der Waals surface area contributed by atoms with Crippen LogP contribution >= 0.6 is 0 Å². The molecular formula is C14H21N3O2. The van der Waals surface area contributed by atoms with E-state index in [2.05, 4.69) is 0 Å². The molecule has 0 radical (unpaired) electrons. The molecule has 0 atom stereocenters. The lowest BCUT2D eigenvalue weighted by Gasteiger charge is -2.44. The van der Waals surface area contributed by atoms with Gasteiger partial charge in [-0.05, 0) is 26.0 Å². The summed E-state index contributed by atoms with van der Waals surface area (Å²) in [5.74, 6) is 0.122. The number of Topliss-reactive ketones (excluding diaryl/α,β-unsaturated/α-hetero) is 1. The zero-order chi connectivity index (χ0) is 14.2. The molecule has 0 N–H and O–H groups in total. The molecule has 104 valence electrons. The number of amides is 1. The van der Waals surface area contributed by atoms with Crippen LogP contribution in [0.2, 0.25) is 0 Å². The number of hydrogen-bond acceptors (Lipinski definition) is 3. The average Bonchev–Trinajstić information content (AvgIpc) is 2.77. The topological polar surface area (TPSA) is 45.5 Å². The molecule has 0 aliphatic carbocycles. The molecule has 0 bridgehead atoms. The maximum Gasteiger partial charge on any atom is 0.242 e. The van der Waals surface area contributed by atoms with E-state index in [0.29, 0.717) is 12.2 Å². The Morgan fingerprint density at radius 2 is 2.00 bits per heavy atom. The molecule has 1 saturated heterocycles. The minimum Gasteiger partial charge on any atom is -0.348 e. The molecule has 1 aromatic rings. The summed E-state index contributed by atoms with van der Waals surface area (Å²) >= 11 is 0.